The predicted molar refractivity (Wildman–Crippen MR) is 99.4 cm³/mol. The summed E-state index contributed by atoms with van der Waals surface area (Å²) in [6, 6.07) is 9.39. The van der Waals surface area contributed by atoms with Crippen LogP contribution in [0.15, 0.2) is 42.7 Å². The van der Waals surface area contributed by atoms with E-state index in [1.165, 1.54) is 11.8 Å². The Bertz CT molecular complexity index is 702. The van der Waals surface area contributed by atoms with Crippen LogP contribution in [0.2, 0.25) is 0 Å². The normalized spacial score (nSPS) is 10.2. The van der Waals surface area contributed by atoms with Gasteiger partial charge in [-0.25, -0.2) is 0 Å². The first-order chi connectivity index (χ1) is 11.6. The zero-order valence-corrected chi connectivity index (χ0v) is 14.7. The lowest BCUT2D eigenvalue weighted by Crippen LogP contribution is -2.19. The van der Waals surface area contributed by atoms with Crippen LogP contribution in [0, 0.1) is 6.92 Å². The minimum Gasteiger partial charge on any atom is -0.325 e. The molecule has 2 rings (SSSR count). The molecule has 0 aliphatic rings. The number of carbonyl (C=O) groups excluding carboxylic acids is 2. The van der Waals surface area contributed by atoms with Crippen LogP contribution < -0.4 is 10.6 Å². The number of carbonyl (C=O) groups is 2. The molecule has 0 saturated heterocycles. The molecule has 24 heavy (non-hydrogen) atoms. The van der Waals surface area contributed by atoms with Crippen molar-refractivity contribution in [1.29, 1.82) is 0 Å². The Kier molecular flexibility index (Phi) is 6.81. The van der Waals surface area contributed by atoms with Gasteiger partial charge < -0.3 is 10.6 Å². The number of rotatable bonds is 7. The zero-order chi connectivity index (χ0) is 17.4. The lowest BCUT2D eigenvalue weighted by molar-refractivity contribution is -0.114. The van der Waals surface area contributed by atoms with Crippen LogP contribution in [-0.4, -0.2) is 28.3 Å². The maximum Gasteiger partial charge on any atom is 0.234 e. The minimum atomic E-state index is -0.121. The van der Waals surface area contributed by atoms with Crippen molar-refractivity contribution in [2.24, 2.45) is 0 Å². The summed E-state index contributed by atoms with van der Waals surface area (Å²) in [5.74, 6) is 0.226. The number of anilines is 2. The van der Waals surface area contributed by atoms with E-state index >= 15 is 0 Å². The molecular formula is C18H21N3O2S. The maximum absolute atomic E-state index is 12.0. The molecule has 126 valence electrons. The minimum absolute atomic E-state index is 0.116. The van der Waals surface area contributed by atoms with Gasteiger partial charge >= 0.3 is 0 Å². The highest BCUT2D eigenvalue weighted by atomic mass is 32.2. The van der Waals surface area contributed by atoms with Gasteiger partial charge in [-0.2, -0.15) is 0 Å². The number of nitrogens with one attached hydrogen (secondary N) is 2. The van der Waals surface area contributed by atoms with Gasteiger partial charge in [0.25, 0.3) is 0 Å². The second-order valence-electron chi connectivity index (χ2n) is 5.34. The van der Waals surface area contributed by atoms with Crippen LogP contribution in [0.25, 0.3) is 0 Å². The average Bonchev–Trinajstić information content (AvgIpc) is 2.57. The summed E-state index contributed by atoms with van der Waals surface area (Å²) in [4.78, 5) is 27.9. The molecule has 6 heteroatoms. The SMILES string of the molecule is CCc1cnccc1NC(=O)CSCC(=O)Nc1ccc(C)cc1. The van der Waals surface area contributed by atoms with Gasteiger partial charge in [0.2, 0.25) is 11.8 Å². The Hall–Kier alpha value is -2.34. The largest absolute Gasteiger partial charge is 0.325 e. The van der Waals surface area contributed by atoms with Crippen molar-refractivity contribution in [3.8, 4) is 0 Å². The summed E-state index contributed by atoms with van der Waals surface area (Å²) in [5.41, 5.74) is 3.68. The number of pyridine rings is 1. The van der Waals surface area contributed by atoms with E-state index in [0.717, 1.165) is 28.9 Å². The number of nitrogens with zero attached hydrogens (tertiary/aromatic N) is 1. The zero-order valence-electron chi connectivity index (χ0n) is 13.8. The monoisotopic (exact) mass is 343 g/mol. The number of amides is 2. The van der Waals surface area contributed by atoms with Crippen LogP contribution in [0.5, 0.6) is 0 Å². The average molecular weight is 343 g/mol. The molecule has 0 aliphatic heterocycles. The Labute approximate surface area is 146 Å². The fourth-order valence-corrected chi connectivity index (χ4v) is 2.70. The Morgan fingerprint density at radius 2 is 1.71 bits per heavy atom. The molecule has 0 atom stereocenters. The van der Waals surface area contributed by atoms with Gasteiger partial charge in [0.15, 0.2) is 0 Å². The molecule has 0 bridgehead atoms. The fourth-order valence-electron chi connectivity index (χ4n) is 2.09. The molecule has 0 unspecified atom stereocenters. The van der Waals surface area contributed by atoms with E-state index in [0.29, 0.717) is 0 Å². The van der Waals surface area contributed by atoms with E-state index in [4.69, 9.17) is 0 Å². The number of aryl methyl sites for hydroxylation is 2. The van der Waals surface area contributed by atoms with Crippen molar-refractivity contribution >= 4 is 35.0 Å². The summed E-state index contributed by atoms with van der Waals surface area (Å²) in [6.45, 7) is 4.00. The van der Waals surface area contributed by atoms with Crippen molar-refractivity contribution < 1.29 is 9.59 Å². The van der Waals surface area contributed by atoms with Crippen molar-refractivity contribution in [3.63, 3.8) is 0 Å². The van der Waals surface area contributed by atoms with Gasteiger partial charge in [0, 0.05) is 23.8 Å². The molecule has 0 fully saturated rings. The summed E-state index contributed by atoms with van der Waals surface area (Å²) in [7, 11) is 0. The molecule has 0 saturated carbocycles. The van der Waals surface area contributed by atoms with E-state index in [9.17, 15) is 9.59 Å². The third kappa shape index (κ3) is 5.70. The first kappa shape index (κ1) is 18.0. The second kappa shape index (κ2) is 9.08. The summed E-state index contributed by atoms with van der Waals surface area (Å²) in [6.07, 6.45) is 4.20. The molecule has 5 nitrogen and oxygen atoms in total. The second-order valence-corrected chi connectivity index (χ2v) is 6.33. The van der Waals surface area contributed by atoms with Crippen LogP contribution in [0.1, 0.15) is 18.1 Å². The van der Waals surface area contributed by atoms with E-state index in [-0.39, 0.29) is 23.3 Å². The molecule has 0 spiro atoms. The highest BCUT2D eigenvalue weighted by Crippen LogP contribution is 2.15. The molecule has 2 N–H and O–H groups in total. The van der Waals surface area contributed by atoms with Crippen LogP contribution >= 0.6 is 11.8 Å². The standard InChI is InChI=1S/C18H21N3O2S/c1-3-14-10-19-9-8-16(14)21-18(23)12-24-11-17(22)20-15-6-4-13(2)5-7-15/h4-10H,3,11-12H2,1-2H3,(H,20,22)(H,19,21,23). The molecule has 1 aromatic heterocycles. The quantitative estimate of drug-likeness (QED) is 0.809. The van der Waals surface area contributed by atoms with Crippen molar-refractivity contribution in [2.75, 3.05) is 22.1 Å². The highest BCUT2D eigenvalue weighted by molar-refractivity contribution is 8.00. The summed E-state index contributed by atoms with van der Waals surface area (Å²) < 4.78 is 0. The molecule has 1 aromatic carbocycles. The number of hydrogen-bond acceptors (Lipinski definition) is 4. The molecule has 1 heterocycles. The summed E-state index contributed by atoms with van der Waals surface area (Å²) >= 11 is 1.28. The van der Waals surface area contributed by atoms with Gasteiger partial charge in [-0.1, -0.05) is 24.6 Å². The predicted octanol–water partition coefficient (Wildman–Crippen LogP) is 3.26. The highest BCUT2D eigenvalue weighted by Gasteiger charge is 2.08. The number of aromatic nitrogens is 1. The Morgan fingerprint density at radius 1 is 1.04 bits per heavy atom. The smallest absolute Gasteiger partial charge is 0.234 e. The lowest BCUT2D eigenvalue weighted by atomic mass is 10.2. The molecule has 2 amide bonds. The lowest BCUT2D eigenvalue weighted by Gasteiger charge is -2.09. The first-order valence-electron chi connectivity index (χ1n) is 7.75. The van der Waals surface area contributed by atoms with Gasteiger partial charge in [0.1, 0.15) is 0 Å². The molecule has 0 aliphatic carbocycles. The fraction of sp³-hybridized carbons (Fsp3) is 0.278. The van der Waals surface area contributed by atoms with Gasteiger partial charge in [-0.15, -0.1) is 11.8 Å². The molecule has 2 aromatic rings. The van der Waals surface area contributed by atoms with Crippen molar-refractivity contribution in [1.82, 2.24) is 4.98 Å². The van der Waals surface area contributed by atoms with Crippen LogP contribution in [0.4, 0.5) is 11.4 Å². The third-order valence-electron chi connectivity index (χ3n) is 3.36. The van der Waals surface area contributed by atoms with E-state index in [1.807, 2.05) is 38.1 Å². The van der Waals surface area contributed by atoms with Crippen LogP contribution in [-0.2, 0) is 16.0 Å². The van der Waals surface area contributed by atoms with Crippen molar-refractivity contribution in [2.45, 2.75) is 20.3 Å². The molecule has 0 radical (unpaired) electrons. The number of hydrogen-bond donors (Lipinski definition) is 2. The maximum atomic E-state index is 12.0. The summed E-state index contributed by atoms with van der Waals surface area (Å²) in [5, 5.41) is 5.67. The van der Waals surface area contributed by atoms with E-state index in [2.05, 4.69) is 15.6 Å². The van der Waals surface area contributed by atoms with E-state index < -0.39 is 0 Å². The Balaban J connectivity index is 1.74. The van der Waals surface area contributed by atoms with Crippen LogP contribution in [0.3, 0.4) is 0 Å². The third-order valence-corrected chi connectivity index (χ3v) is 4.29. The van der Waals surface area contributed by atoms with Gasteiger partial charge in [0.05, 0.1) is 11.5 Å². The Morgan fingerprint density at radius 3 is 2.38 bits per heavy atom. The van der Waals surface area contributed by atoms with E-state index in [1.54, 1.807) is 18.5 Å². The van der Waals surface area contributed by atoms with Crippen molar-refractivity contribution in [3.05, 3.63) is 53.9 Å². The van der Waals surface area contributed by atoms with Gasteiger partial charge in [-0.3, -0.25) is 14.6 Å². The molecular weight excluding hydrogens is 322 g/mol. The number of benzene rings is 1. The number of thioether (sulfide) groups is 1. The topological polar surface area (TPSA) is 71.1 Å². The first-order valence-corrected chi connectivity index (χ1v) is 8.91. The van der Waals surface area contributed by atoms with Gasteiger partial charge in [-0.05, 0) is 37.1 Å².